The highest BCUT2D eigenvalue weighted by molar-refractivity contribution is 5.44. The van der Waals surface area contributed by atoms with Gasteiger partial charge in [-0.15, -0.1) is 0 Å². The van der Waals surface area contributed by atoms with Gasteiger partial charge < -0.3 is 19.3 Å². The molecule has 122 valence electrons. The Morgan fingerprint density at radius 1 is 1.26 bits per heavy atom. The highest BCUT2D eigenvalue weighted by atomic mass is 16.6. The first-order valence-corrected chi connectivity index (χ1v) is 7.91. The lowest BCUT2D eigenvalue weighted by Crippen LogP contribution is -2.44. The average Bonchev–Trinajstić information content (AvgIpc) is 3.03. The average molecular weight is 316 g/mol. The van der Waals surface area contributed by atoms with E-state index in [1.807, 2.05) is 18.2 Å². The maximum Gasteiger partial charge on any atom is 0.231 e. The maximum absolute atomic E-state index is 5.61. The molecule has 0 aliphatic carbocycles. The van der Waals surface area contributed by atoms with Gasteiger partial charge in [0, 0.05) is 19.6 Å². The van der Waals surface area contributed by atoms with E-state index in [0.717, 1.165) is 42.5 Å². The molecule has 0 bridgehead atoms. The monoisotopic (exact) mass is 316 g/mol. The van der Waals surface area contributed by atoms with Crippen molar-refractivity contribution < 1.29 is 14.0 Å². The van der Waals surface area contributed by atoms with Crippen LogP contribution in [-0.4, -0.2) is 54.9 Å². The summed E-state index contributed by atoms with van der Waals surface area (Å²) >= 11 is 0. The van der Waals surface area contributed by atoms with Gasteiger partial charge in [-0.1, -0.05) is 11.2 Å². The van der Waals surface area contributed by atoms with Gasteiger partial charge in [-0.25, -0.2) is 0 Å². The molecule has 23 heavy (non-hydrogen) atoms. The number of aromatic nitrogens is 2. The molecule has 0 saturated carbocycles. The summed E-state index contributed by atoms with van der Waals surface area (Å²) in [7, 11) is 2.09. The lowest BCUT2D eigenvalue weighted by Gasteiger charge is -2.30. The Balaban J connectivity index is 1.49. The van der Waals surface area contributed by atoms with Crippen LogP contribution < -0.4 is 14.8 Å². The zero-order valence-corrected chi connectivity index (χ0v) is 13.1. The maximum atomic E-state index is 5.61. The van der Waals surface area contributed by atoms with E-state index in [4.69, 9.17) is 14.0 Å². The zero-order valence-electron chi connectivity index (χ0n) is 13.1. The van der Waals surface area contributed by atoms with Gasteiger partial charge >= 0.3 is 0 Å². The van der Waals surface area contributed by atoms with Crippen molar-refractivity contribution in [2.24, 2.45) is 0 Å². The molecule has 1 aromatic carbocycles. The molecule has 1 N–H and O–H groups in total. The van der Waals surface area contributed by atoms with Crippen LogP contribution in [0, 0.1) is 0 Å². The molecule has 2 aliphatic rings. The molecule has 0 amide bonds. The van der Waals surface area contributed by atoms with Gasteiger partial charge in [0.05, 0.1) is 12.5 Å². The zero-order chi connectivity index (χ0) is 15.6. The second-order valence-electron chi connectivity index (χ2n) is 5.90. The number of fused-ring (bicyclic) bond motifs is 1. The van der Waals surface area contributed by atoms with Crippen molar-refractivity contribution in [1.82, 2.24) is 20.4 Å². The SMILES string of the molecule is CN1CCNCC1c1noc(Cc2ccc3c(c2)OCCO3)n1. The van der Waals surface area contributed by atoms with Crippen LogP contribution in [0.3, 0.4) is 0 Å². The van der Waals surface area contributed by atoms with Crippen LogP contribution in [0.4, 0.5) is 0 Å². The minimum absolute atomic E-state index is 0.168. The van der Waals surface area contributed by atoms with E-state index >= 15 is 0 Å². The quantitative estimate of drug-likeness (QED) is 0.906. The number of likely N-dealkylation sites (N-methyl/N-ethyl adjacent to an activating group) is 1. The third kappa shape index (κ3) is 3.02. The van der Waals surface area contributed by atoms with Crippen LogP contribution in [0.5, 0.6) is 11.5 Å². The molecule has 7 heteroatoms. The molecule has 2 aromatic rings. The lowest BCUT2D eigenvalue weighted by atomic mass is 10.1. The van der Waals surface area contributed by atoms with Crippen LogP contribution in [0.15, 0.2) is 22.7 Å². The highest BCUT2D eigenvalue weighted by Gasteiger charge is 2.25. The number of ether oxygens (including phenoxy) is 2. The fourth-order valence-electron chi connectivity index (χ4n) is 2.94. The van der Waals surface area contributed by atoms with E-state index in [-0.39, 0.29) is 6.04 Å². The van der Waals surface area contributed by atoms with Gasteiger partial charge in [0.25, 0.3) is 0 Å². The molecule has 1 unspecified atom stereocenters. The first kappa shape index (κ1) is 14.5. The number of hydrogen-bond donors (Lipinski definition) is 1. The molecule has 1 aromatic heterocycles. The molecule has 7 nitrogen and oxygen atoms in total. The minimum Gasteiger partial charge on any atom is -0.486 e. The highest BCUT2D eigenvalue weighted by Crippen LogP contribution is 2.31. The summed E-state index contributed by atoms with van der Waals surface area (Å²) < 4.78 is 16.6. The Hall–Kier alpha value is -2.12. The summed E-state index contributed by atoms with van der Waals surface area (Å²) in [5.41, 5.74) is 1.07. The van der Waals surface area contributed by atoms with Crippen LogP contribution in [-0.2, 0) is 6.42 Å². The van der Waals surface area contributed by atoms with Crippen LogP contribution in [0.2, 0.25) is 0 Å². The van der Waals surface area contributed by atoms with E-state index in [2.05, 4.69) is 27.4 Å². The smallest absolute Gasteiger partial charge is 0.231 e. The van der Waals surface area contributed by atoms with E-state index in [1.165, 1.54) is 0 Å². The topological polar surface area (TPSA) is 72.7 Å². The Bertz CT molecular complexity index is 688. The van der Waals surface area contributed by atoms with Gasteiger partial charge in [0.1, 0.15) is 13.2 Å². The fraction of sp³-hybridized carbons (Fsp3) is 0.500. The molecule has 3 heterocycles. The number of nitrogens with zero attached hydrogens (tertiary/aromatic N) is 3. The van der Waals surface area contributed by atoms with Gasteiger partial charge in [0.15, 0.2) is 17.3 Å². The van der Waals surface area contributed by atoms with Crippen molar-refractivity contribution in [2.45, 2.75) is 12.5 Å². The van der Waals surface area contributed by atoms with Crippen molar-refractivity contribution in [1.29, 1.82) is 0 Å². The van der Waals surface area contributed by atoms with Crippen molar-refractivity contribution in [3.05, 3.63) is 35.5 Å². The molecule has 0 spiro atoms. The van der Waals surface area contributed by atoms with E-state index in [0.29, 0.717) is 25.5 Å². The molecule has 0 radical (unpaired) electrons. The molecule has 2 aliphatic heterocycles. The first-order valence-electron chi connectivity index (χ1n) is 7.91. The number of benzene rings is 1. The number of rotatable bonds is 3. The summed E-state index contributed by atoms with van der Waals surface area (Å²) in [5, 5.41) is 7.51. The summed E-state index contributed by atoms with van der Waals surface area (Å²) in [5.74, 6) is 2.94. The number of piperazine rings is 1. The summed E-state index contributed by atoms with van der Waals surface area (Å²) in [6.07, 6.45) is 0.591. The van der Waals surface area contributed by atoms with Gasteiger partial charge in [0.2, 0.25) is 5.89 Å². The van der Waals surface area contributed by atoms with Gasteiger partial charge in [-0.3, -0.25) is 4.90 Å². The summed E-state index contributed by atoms with van der Waals surface area (Å²) in [6.45, 7) is 4.01. The Labute approximate surface area is 134 Å². The Morgan fingerprint density at radius 2 is 2.13 bits per heavy atom. The molecular formula is C16H20N4O3. The lowest BCUT2D eigenvalue weighted by molar-refractivity contribution is 0.171. The van der Waals surface area contributed by atoms with Crippen LogP contribution in [0.25, 0.3) is 0 Å². The number of hydrogen-bond acceptors (Lipinski definition) is 7. The molecular weight excluding hydrogens is 296 g/mol. The predicted molar refractivity (Wildman–Crippen MR) is 82.8 cm³/mol. The predicted octanol–water partition coefficient (Wildman–Crippen LogP) is 1.01. The molecule has 4 rings (SSSR count). The Morgan fingerprint density at radius 3 is 3.00 bits per heavy atom. The Kier molecular flexibility index (Phi) is 3.88. The van der Waals surface area contributed by atoms with E-state index in [1.54, 1.807) is 0 Å². The van der Waals surface area contributed by atoms with Crippen LogP contribution in [0.1, 0.15) is 23.3 Å². The third-order valence-corrected chi connectivity index (χ3v) is 4.25. The third-order valence-electron chi connectivity index (χ3n) is 4.25. The van der Waals surface area contributed by atoms with E-state index < -0.39 is 0 Å². The standard InChI is InChI=1S/C16H20N4O3/c1-20-5-4-17-10-12(20)16-18-15(23-19-16)9-11-2-3-13-14(8-11)22-7-6-21-13/h2-3,8,12,17H,4-7,9-10H2,1H3. The minimum atomic E-state index is 0.168. The largest absolute Gasteiger partial charge is 0.486 e. The first-order chi connectivity index (χ1) is 11.3. The second kappa shape index (κ2) is 6.17. The molecule has 1 fully saturated rings. The van der Waals surface area contributed by atoms with Crippen molar-refractivity contribution in [2.75, 3.05) is 39.9 Å². The second-order valence-corrected chi connectivity index (χ2v) is 5.90. The normalized spacial score (nSPS) is 21.3. The van der Waals surface area contributed by atoms with E-state index in [9.17, 15) is 0 Å². The van der Waals surface area contributed by atoms with Crippen molar-refractivity contribution >= 4 is 0 Å². The summed E-state index contributed by atoms with van der Waals surface area (Å²) in [4.78, 5) is 6.81. The van der Waals surface area contributed by atoms with Crippen molar-refractivity contribution in [3.63, 3.8) is 0 Å². The number of nitrogens with one attached hydrogen (secondary N) is 1. The fourth-order valence-corrected chi connectivity index (χ4v) is 2.94. The van der Waals surface area contributed by atoms with Crippen LogP contribution >= 0.6 is 0 Å². The summed E-state index contributed by atoms with van der Waals surface area (Å²) in [6, 6.07) is 6.08. The molecule has 1 saturated heterocycles. The van der Waals surface area contributed by atoms with Gasteiger partial charge in [-0.2, -0.15) is 4.98 Å². The molecule has 1 atom stereocenters. The van der Waals surface area contributed by atoms with Gasteiger partial charge in [-0.05, 0) is 24.7 Å². The van der Waals surface area contributed by atoms with Crippen molar-refractivity contribution in [3.8, 4) is 11.5 Å².